The van der Waals surface area contributed by atoms with Crippen LogP contribution in [0.1, 0.15) is 20.8 Å². The van der Waals surface area contributed by atoms with Crippen LogP contribution >= 0.6 is 0 Å². The van der Waals surface area contributed by atoms with Crippen LogP contribution in [0.4, 0.5) is 0 Å². The Kier molecular flexibility index (Phi) is 1.87. The molecule has 0 aliphatic carbocycles. The van der Waals surface area contributed by atoms with Crippen molar-refractivity contribution in [2.75, 3.05) is 7.05 Å². The summed E-state index contributed by atoms with van der Waals surface area (Å²) in [4.78, 5) is 0. The third-order valence-electron chi connectivity index (χ3n) is 1.83. The maximum Gasteiger partial charge on any atom is 0.0241 e. The Hall–Kier alpha value is -0.650. The third kappa shape index (κ3) is 1.50. The van der Waals surface area contributed by atoms with Crippen molar-refractivity contribution in [1.29, 1.82) is 0 Å². The number of hydrogen-bond acceptors (Lipinski definition) is 4. The van der Waals surface area contributed by atoms with Gasteiger partial charge in [-0.3, -0.25) is 5.12 Å². The van der Waals surface area contributed by atoms with E-state index in [9.17, 15) is 0 Å². The van der Waals surface area contributed by atoms with Gasteiger partial charge in [-0.15, -0.1) is 0 Å². The Balaban J connectivity index is 2.86. The first-order valence-corrected chi connectivity index (χ1v) is 3.50. The van der Waals surface area contributed by atoms with Crippen LogP contribution in [0.15, 0.2) is 5.10 Å². The number of hydrogen-bond donors (Lipinski definition) is 1. The average Bonchev–Trinajstić information content (AvgIpc) is 1.83. The lowest BCUT2D eigenvalue weighted by Crippen LogP contribution is -2.50. The van der Waals surface area contributed by atoms with Crippen LogP contribution in [0.3, 0.4) is 0 Å². The summed E-state index contributed by atoms with van der Waals surface area (Å²) < 4.78 is 0. The maximum absolute atomic E-state index is 5.47. The molecule has 0 bridgehead atoms. The van der Waals surface area contributed by atoms with E-state index in [2.05, 4.69) is 10.5 Å². The van der Waals surface area contributed by atoms with Crippen molar-refractivity contribution >= 4 is 5.71 Å². The summed E-state index contributed by atoms with van der Waals surface area (Å²) >= 11 is 0. The molecule has 1 aliphatic rings. The Bertz CT molecular complexity index is 185. The fourth-order valence-corrected chi connectivity index (χ4v) is 0.821. The highest BCUT2D eigenvalue weighted by molar-refractivity contribution is 5.93. The van der Waals surface area contributed by atoms with Gasteiger partial charge in [0.15, 0.2) is 0 Å². The van der Waals surface area contributed by atoms with E-state index in [0.29, 0.717) is 0 Å². The number of hydrazine groups is 2. The van der Waals surface area contributed by atoms with Crippen LogP contribution in [-0.4, -0.2) is 28.6 Å². The van der Waals surface area contributed by atoms with Crippen LogP contribution < -0.4 is 5.84 Å². The molecule has 0 aromatic rings. The summed E-state index contributed by atoms with van der Waals surface area (Å²) in [5.41, 5.74) is 4.96. The zero-order valence-corrected chi connectivity index (χ0v) is 7.37. The van der Waals surface area contributed by atoms with E-state index in [4.69, 9.17) is 5.84 Å². The number of hydrazone groups is 1. The number of rotatable bonds is 0. The lowest BCUT2D eigenvalue weighted by molar-refractivity contribution is 0.0169. The summed E-state index contributed by atoms with van der Waals surface area (Å²) in [7, 11) is 1.76. The van der Waals surface area contributed by atoms with E-state index in [1.807, 2.05) is 20.8 Å². The van der Waals surface area contributed by atoms with Gasteiger partial charge in [0.25, 0.3) is 0 Å². The lowest BCUT2D eigenvalue weighted by Gasteiger charge is -2.52. The van der Waals surface area contributed by atoms with Crippen LogP contribution in [0, 0.1) is 0 Å². The second kappa shape index (κ2) is 2.44. The van der Waals surface area contributed by atoms with Crippen LogP contribution in [-0.2, 0) is 0 Å². The minimum absolute atomic E-state index is 0.232. The molecule has 0 amide bonds. The van der Waals surface area contributed by atoms with Crippen molar-refractivity contribution in [2.45, 2.75) is 26.3 Å². The van der Waals surface area contributed by atoms with E-state index in [1.165, 1.54) is 10.3 Å². The molecule has 11 heavy (non-hydrogen) atoms. The van der Waals surface area contributed by atoms with Gasteiger partial charge in [-0.1, -0.05) is 19.4 Å². The van der Waals surface area contributed by atoms with E-state index in [1.54, 1.807) is 7.05 Å². The molecule has 64 valence electrons. The fraction of sp³-hybridized carbons (Fsp3) is 0.833. The third-order valence-corrected chi connectivity index (χ3v) is 1.83. The number of nitrogens with zero attached hydrogens (tertiary/aromatic N) is 4. The molecule has 0 aromatic carbocycles. The maximum atomic E-state index is 5.47. The predicted octanol–water partition coefficient (Wildman–Crippen LogP) is 0.466. The van der Waals surface area contributed by atoms with Gasteiger partial charge in [0.2, 0.25) is 0 Å². The van der Waals surface area contributed by atoms with Crippen LogP contribution in [0.25, 0.3) is 5.43 Å². The molecule has 5 nitrogen and oxygen atoms in total. The van der Waals surface area contributed by atoms with Crippen molar-refractivity contribution in [3.8, 4) is 0 Å². The van der Waals surface area contributed by atoms with E-state index in [-0.39, 0.29) is 5.54 Å². The largest absolute Gasteiger partial charge is 0.562 e. The van der Waals surface area contributed by atoms with Gasteiger partial charge in [0, 0.05) is 5.71 Å². The molecule has 1 aliphatic heterocycles. The molecule has 0 unspecified atom stereocenters. The first-order valence-electron chi connectivity index (χ1n) is 3.50. The summed E-state index contributed by atoms with van der Waals surface area (Å²) in [6.07, 6.45) is 0. The number of nitrogens with two attached hydrogens (primary N) is 1. The smallest absolute Gasteiger partial charge is 0.0241 e. The van der Waals surface area contributed by atoms with Crippen LogP contribution in [0.5, 0.6) is 0 Å². The molecule has 1 heterocycles. The van der Waals surface area contributed by atoms with Gasteiger partial charge in [-0.2, -0.15) is 10.3 Å². The SMILES string of the molecule is CC1=NN(N)N(C)[N-]C1(C)C. The first kappa shape index (κ1) is 8.45. The Morgan fingerprint density at radius 2 is 2.09 bits per heavy atom. The van der Waals surface area contributed by atoms with Crippen molar-refractivity contribution in [2.24, 2.45) is 10.9 Å². The molecule has 2 N–H and O–H groups in total. The zero-order chi connectivity index (χ0) is 8.65. The molecule has 0 saturated heterocycles. The van der Waals surface area contributed by atoms with E-state index < -0.39 is 0 Å². The molecular formula is C6H14N5-. The van der Waals surface area contributed by atoms with Crippen molar-refractivity contribution < 1.29 is 0 Å². The zero-order valence-electron chi connectivity index (χ0n) is 7.37. The highest BCUT2D eigenvalue weighted by atomic mass is 16.0. The second-order valence-electron chi connectivity index (χ2n) is 3.15. The highest BCUT2D eigenvalue weighted by Crippen LogP contribution is 2.24. The molecule has 0 saturated carbocycles. The lowest BCUT2D eigenvalue weighted by atomic mass is 10.0. The molecule has 0 radical (unpaired) electrons. The minimum atomic E-state index is -0.232. The molecule has 1 rings (SSSR count). The monoisotopic (exact) mass is 156 g/mol. The highest BCUT2D eigenvalue weighted by Gasteiger charge is 2.17. The Morgan fingerprint density at radius 1 is 1.55 bits per heavy atom. The van der Waals surface area contributed by atoms with Crippen LogP contribution in [0.2, 0.25) is 0 Å². The van der Waals surface area contributed by atoms with Crippen molar-refractivity contribution in [3.05, 3.63) is 5.43 Å². The second-order valence-corrected chi connectivity index (χ2v) is 3.15. The molecule has 0 aromatic heterocycles. The average molecular weight is 156 g/mol. The molecule has 0 atom stereocenters. The molecular weight excluding hydrogens is 142 g/mol. The van der Waals surface area contributed by atoms with E-state index >= 15 is 0 Å². The molecule has 0 spiro atoms. The summed E-state index contributed by atoms with van der Waals surface area (Å²) in [6.45, 7) is 5.90. The summed E-state index contributed by atoms with van der Waals surface area (Å²) in [6, 6.07) is 0. The quantitative estimate of drug-likeness (QED) is 0.518. The molecule has 0 fully saturated rings. The van der Waals surface area contributed by atoms with E-state index in [0.717, 1.165) is 5.71 Å². The predicted molar refractivity (Wildman–Crippen MR) is 44.3 cm³/mol. The van der Waals surface area contributed by atoms with Gasteiger partial charge in [0.1, 0.15) is 0 Å². The van der Waals surface area contributed by atoms with Gasteiger partial charge in [0.05, 0.1) is 0 Å². The minimum Gasteiger partial charge on any atom is -0.562 e. The first-order chi connectivity index (χ1) is 4.93. The van der Waals surface area contributed by atoms with Gasteiger partial charge < -0.3 is 5.43 Å². The van der Waals surface area contributed by atoms with Gasteiger partial charge in [-0.25, -0.2) is 5.84 Å². The fourth-order valence-electron chi connectivity index (χ4n) is 0.821. The van der Waals surface area contributed by atoms with Crippen molar-refractivity contribution in [1.82, 2.24) is 10.3 Å². The van der Waals surface area contributed by atoms with Gasteiger partial charge >= 0.3 is 0 Å². The topological polar surface area (TPSA) is 59.0 Å². The summed E-state index contributed by atoms with van der Waals surface area (Å²) in [5.74, 6) is 5.47. The van der Waals surface area contributed by atoms with Gasteiger partial charge in [-0.05, 0) is 14.0 Å². The Labute approximate surface area is 66.7 Å². The summed E-state index contributed by atoms with van der Waals surface area (Å²) in [5, 5.41) is 6.82. The Morgan fingerprint density at radius 3 is 2.55 bits per heavy atom. The standard InChI is InChI=1S/C6H14N5/c1-5-6(2,3)9-10(4)11(7)8-5/h7H2,1-4H3/q-1. The molecule has 5 heteroatoms. The van der Waals surface area contributed by atoms with Crippen molar-refractivity contribution in [3.63, 3.8) is 0 Å². The normalized spacial score (nSPS) is 25.2.